The second-order valence-corrected chi connectivity index (χ2v) is 19.9. The van der Waals surface area contributed by atoms with Crippen LogP contribution in [0.5, 0.6) is 0 Å². The maximum absolute atomic E-state index is 14.8. The van der Waals surface area contributed by atoms with Crippen LogP contribution in [0.25, 0.3) is 0 Å². The first-order chi connectivity index (χ1) is 27.1. The number of nitrogens with two attached hydrogens (primary N) is 1. The monoisotopic (exact) mass is 842 g/mol. The number of amides is 4. The smallest absolute Gasteiger partial charge is 0.287 e. The number of thioether (sulfide) groups is 1. The van der Waals surface area contributed by atoms with Crippen molar-refractivity contribution in [2.75, 3.05) is 24.6 Å². The Morgan fingerprint density at radius 2 is 1.64 bits per heavy atom. The third-order valence-electron chi connectivity index (χ3n) is 11.1. The Kier molecular flexibility index (Phi) is 13.8. The molecule has 4 amide bonds. The Bertz CT molecular complexity index is 2040. The van der Waals surface area contributed by atoms with Crippen LogP contribution in [0.3, 0.4) is 0 Å². The summed E-state index contributed by atoms with van der Waals surface area (Å²) in [6.45, 7) is 7.65. The maximum Gasteiger partial charge on any atom is 0.287 e. The molecule has 1 saturated carbocycles. The molecular weight excluding hydrogens is 789 g/mol. The highest BCUT2D eigenvalue weighted by Gasteiger charge is 2.49. The molecule has 1 aliphatic carbocycles. The normalized spacial score (nSPS) is 20.7. The first-order valence-electron chi connectivity index (χ1n) is 19.6. The van der Waals surface area contributed by atoms with Crippen molar-refractivity contribution in [2.45, 2.75) is 121 Å². The van der Waals surface area contributed by atoms with E-state index in [0.717, 1.165) is 32.1 Å². The molecule has 2 atom stereocenters. The van der Waals surface area contributed by atoms with Gasteiger partial charge in [-0.25, -0.2) is 22.8 Å². The van der Waals surface area contributed by atoms with Gasteiger partial charge in [-0.05, 0) is 74.8 Å². The number of likely N-dealkylation sites (tertiary alicyclic amines) is 1. The number of benzene rings is 1. The van der Waals surface area contributed by atoms with Gasteiger partial charge in [-0.2, -0.15) is 11.8 Å². The van der Waals surface area contributed by atoms with Crippen LogP contribution in [-0.2, 0) is 39.6 Å². The minimum atomic E-state index is -4.09. The third-order valence-corrected chi connectivity index (χ3v) is 13.5. The van der Waals surface area contributed by atoms with Crippen LogP contribution < -0.4 is 15.8 Å². The third kappa shape index (κ3) is 10.5. The summed E-state index contributed by atoms with van der Waals surface area (Å²) in [5.74, 6) is -3.59. The molecule has 0 spiro atoms. The van der Waals surface area contributed by atoms with Crippen molar-refractivity contribution < 1.29 is 42.3 Å². The largest absolute Gasteiger partial charge is 0.384 e. The average Bonchev–Trinajstić information content (AvgIpc) is 3.85. The van der Waals surface area contributed by atoms with Gasteiger partial charge in [0.05, 0.1) is 29.4 Å². The van der Waals surface area contributed by atoms with Crippen molar-refractivity contribution in [1.29, 1.82) is 0 Å². The number of rotatable bonds is 14. The fourth-order valence-electron chi connectivity index (χ4n) is 7.58. The van der Waals surface area contributed by atoms with E-state index in [0.29, 0.717) is 17.2 Å². The zero-order valence-electron chi connectivity index (χ0n) is 33.7. The number of aliphatic imine (C=N–C) groups is 1. The van der Waals surface area contributed by atoms with E-state index in [1.807, 2.05) is 0 Å². The predicted octanol–water partition coefficient (Wildman–Crippen LogP) is 2.23. The first kappa shape index (κ1) is 44.8. The van der Waals surface area contributed by atoms with Gasteiger partial charge in [0.15, 0.2) is 5.78 Å². The summed E-state index contributed by atoms with van der Waals surface area (Å²) >= 11 is 1.57. The van der Waals surface area contributed by atoms with E-state index < -0.39 is 74.6 Å². The summed E-state index contributed by atoms with van der Waals surface area (Å²) in [6, 6.07) is 3.10. The van der Waals surface area contributed by atoms with Gasteiger partial charge in [-0.15, -0.1) is 5.10 Å². The van der Waals surface area contributed by atoms with Crippen LogP contribution in [0.4, 0.5) is 0 Å². The number of primary amides is 1. The Hall–Kier alpha value is -4.33. The highest BCUT2D eigenvalue weighted by Crippen LogP contribution is 2.35. The SMILES string of the molecule is CC(C)(C)C(=O)CNS(=O)(=O)c1ccc(C(=O)/N=C(\CC2CCCCC2)C(=O)N2C[C@@H](n3nncc3C(C)(C)O)C[C@H]2C(=O)NC2(C(=O)C(N)=O)CCSCC2)cc1. The number of aromatic nitrogens is 3. The molecule has 0 bridgehead atoms. The van der Waals surface area contributed by atoms with Gasteiger partial charge < -0.3 is 21.1 Å². The van der Waals surface area contributed by atoms with Crippen LogP contribution >= 0.6 is 11.8 Å². The quantitative estimate of drug-likeness (QED) is 0.158. The molecule has 19 heteroatoms. The first-order valence-corrected chi connectivity index (χ1v) is 22.2. The molecule has 5 N–H and O–H groups in total. The molecule has 2 aromatic rings. The predicted molar refractivity (Wildman–Crippen MR) is 215 cm³/mol. The zero-order valence-corrected chi connectivity index (χ0v) is 35.3. The van der Waals surface area contributed by atoms with Crippen LogP contribution in [0.2, 0.25) is 0 Å². The molecule has 58 heavy (non-hydrogen) atoms. The lowest BCUT2D eigenvalue weighted by Crippen LogP contribution is -2.63. The van der Waals surface area contributed by atoms with Gasteiger partial charge in [-0.1, -0.05) is 58.1 Å². The number of nitrogens with one attached hydrogen (secondary N) is 2. The number of ketones is 2. The van der Waals surface area contributed by atoms with Crippen molar-refractivity contribution >= 4 is 62.7 Å². The fraction of sp³-hybridized carbons (Fsp3) is 0.615. The number of Topliss-reactive ketones (excluding diaryl/α,β-unsaturated/α-hetero) is 2. The Balaban J connectivity index is 1.48. The van der Waals surface area contributed by atoms with Crippen LogP contribution in [0, 0.1) is 11.3 Å². The Labute approximate surface area is 342 Å². The number of hydrogen-bond donors (Lipinski definition) is 4. The molecular formula is C39H54N8O9S2. The van der Waals surface area contributed by atoms with E-state index in [9.17, 15) is 42.3 Å². The van der Waals surface area contributed by atoms with Crippen LogP contribution in [-0.4, -0.2) is 111 Å². The number of hydrogen-bond acceptors (Lipinski definition) is 12. The second-order valence-electron chi connectivity index (χ2n) is 17.0. The molecule has 3 aliphatic rings. The van der Waals surface area contributed by atoms with E-state index in [2.05, 4.69) is 25.3 Å². The topological polar surface area (TPSA) is 253 Å². The molecule has 1 aromatic heterocycles. The molecule has 3 heterocycles. The van der Waals surface area contributed by atoms with Crippen LogP contribution in [0.15, 0.2) is 40.4 Å². The van der Waals surface area contributed by atoms with Gasteiger partial charge in [-0.3, -0.25) is 28.8 Å². The molecule has 1 aromatic carbocycles. The molecule has 3 fully saturated rings. The standard InChI is InChI=1S/C39H54N8O9S2/c1-37(2,3)31(48)22-42-58(55,56)27-13-11-25(12-14-27)34(51)43-28(19-24-9-7-6-8-10-24)36(53)46-23-26(47-30(21-41-45-47)38(4,5)54)20-29(46)35(52)44-39(32(49)33(40)50)15-17-57-18-16-39/h11-14,21,24,26,29,42,54H,6-10,15-20,22-23H2,1-5H3,(H2,40,50)(H,44,52)/b43-28+/t26-,29-/m0/s1. The van der Waals surface area contributed by atoms with Crippen molar-refractivity contribution in [3.8, 4) is 0 Å². The summed E-state index contributed by atoms with van der Waals surface area (Å²) in [5, 5.41) is 21.9. The molecule has 5 rings (SSSR count). The van der Waals surface area contributed by atoms with Crippen molar-refractivity contribution in [2.24, 2.45) is 22.1 Å². The van der Waals surface area contributed by atoms with E-state index in [-0.39, 0.29) is 60.1 Å². The summed E-state index contributed by atoms with van der Waals surface area (Å²) in [4.78, 5) is 86.2. The molecule has 0 unspecified atom stereocenters. The van der Waals surface area contributed by atoms with Gasteiger partial charge in [0.25, 0.3) is 17.7 Å². The van der Waals surface area contributed by atoms with Gasteiger partial charge in [0.2, 0.25) is 21.7 Å². The molecule has 2 aliphatic heterocycles. The van der Waals surface area contributed by atoms with E-state index in [4.69, 9.17) is 5.73 Å². The van der Waals surface area contributed by atoms with Gasteiger partial charge in [0.1, 0.15) is 22.9 Å². The highest BCUT2D eigenvalue weighted by molar-refractivity contribution is 7.99. The number of nitrogens with zero attached hydrogens (tertiary/aromatic N) is 5. The van der Waals surface area contributed by atoms with Gasteiger partial charge in [0, 0.05) is 23.9 Å². The Morgan fingerprint density at radius 1 is 1.00 bits per heavy atom. The zero-order chi connectivity index (χ0) is 42.6. The lowest BCUT2D eigenvalue weighted by atomic mass is 9.85. The van der Waals surface area contributed by atoms with Crippen molar-refractivity contribution in [3.05, 3.63) is 41.7 Å². The number of sulfonamides is 1. The van der Waals surface area contributed by atoms with E-state index >= 15 is 0 Å². The number of carbonyl (C=O) groups is 6. The number of carbonyl (C=O) groups excluding carboxylic acids is 6. The molecule has 2 saturated heterocycles. The Morgan fingerprint density at radius 3 is 2.22 bits per heavy atom. The number of aliphatic hydroxyl groups is 1. The summed E-state index contributed by atoms with van der Waals surface area (Å²) < 4.78 is 29.6. The summed E-state index contributed by atoms with van der Waals surface area (Å²) in [7, 11) is -4.09. The summed E-state index contributed by atoms with van der Waals surface area (Å²) in [6.07, 6.45) is 6.35. The lowest BCUT2D eigenvalue weighted by Gasteiger charge is -2.37. The molecule has 316 valence electrons. The summed E-state index contributed by atoms with van der Waals surface area (Å²) in [5.41, 5.74) is 2.01. The van der Waals surface area contributed by atoms with Crippen molar-refractivity contribution in [3.63, 3.8) is 0 Å². The van der Waals surface area contributed by atoms with E-state index in [1.54, 1.807) is 46.4 Å². The minimum Gasteiger partial charge on any atom is -0.384 e. The van der Waals surface area contributed by atoms with Crippen molar-refractivity contribution in [1.82, 2.24) is 29.9 Å². The highest BCUT2D eigenvalue weighted by atomic mass is 32.2. The average molecular weight is 843 g/mol. The van der Waals surface area contributed by atoms with Crippen LogP contribution in [0.1, 0.15) is 114 Å². The lowest BCUT2D eigenvalue weighted by molar-refractivity contribution is -0.143. The minimum absolute atomic E-state index is 0.00438. The maximum atomic E-state index is 14.8. The van der Waals surface area contributed by atoms with E-state index in [1.165, 1.54) is 40.0 Å². The molecule has 0 radical (unpaired) electrons. The van der Waals surface area contributed by atoms with Gasteiger partial charge >= 0.3 is 0 Å². The second kappa shape index (κ2) is 17.9. The fourth-order valence-corrected chi connectivity index (χ4v) is 9.76. The molecule has 17 nitrogen and oxygen atoms in total.